The van der Waals surface area contributed by atoms with E-state index in [4.69, 9.17) is 9.47 Å². The lowest BCUT2D eigenvalue weighted by Gasteiger charge is -2.27. The van der Waals surface area contributed by atoms with Gasteiger partial charge in [0.2, 0.25) is 0 Å². The molecule has 8 nitrogen and oxygen atoms in total. The van der Waals surface area contributed by atoms with Gasteiger partial charge >= 0.3 is 5.97 Å². The molecule has 0 bridgehead atoms. The van der Waals surface area contributed by atoms with Gasteiger partial charge in [-0.15, -0.1) is 0 Å². The van der Waals surface area contributed by atoms with Crippen LogP contribution in [0.5, 0.6) is 5.75 Å². The maximum Gasteiger partial charge on any atom is 0.306 e. The van der Waals surface area contributed by atoms with E-state index in [9.17, 15) is 19.2 Å². The number of imide groups is 1. The zero-order valence-electron chi connectivity index (χ0n) is 18.7. The third-order valence-corrected chi connectivity index (χ3v) is 5.65. The molecular weight excluding hydrogens is 436 g/mol. The molecule has 174 valence electrons. The highest BCUT2D eigenvalue weighted by Gasteiger charge is 2.32. The van der Waals surface area contributed by atoms with E-state index in [1.807, 2.05) is 30.3 Å². The quantitative estimate of drug-likeness (QED) is 0.389. The number of nitrogens with zero attached hydrogens (tertiary/aromatic N) is 1. The van der Waals surface area contributed by atoms with Crippen molar-refractivity contribution in [2.24, 2.45) is 0 Å². The van der Waals surface area contributed by atoms with Crippen LogP contribution < -0.4 is 10.1 Å². The predicted molar refractivity (Wildman–Crippen MR) is 124 cm³/mol. The SMILES string of the molecule is COc1ccccc1CNC(=O)COC(=O)CCCN1C(=O)c2cccc3cccc(c23)C1=O. The highest BCUT2D eigenvalue weighted by Crippen LogP contribution is 2.30. The first-order chi connectivity index (χ1) is 16.5. The van der Waals surface area contributed by atoms with Crippen LogP contribution in [0.4, 0.5) is 0 Å². The van der Waals surface area contributed by atoms with E-state index in [-0.39, 0.29) is 37.7 Å². The molecule has 34 heavy (non-hydrogen) atoms. The van der Waals surface area contributed by atoms with Crippen molar-refractivity contribution >= 4 is 34.5 Å². The molecule has 1 aliphatic rings. The molecule has 0 aromatic heterocycles. The Labute approximate surface area is 196 Å². The molecule has 0 aliphatic carbocycles. The number of methoxy groups -OCH3 is 1. The molecule has 0 spiro atoms. The van der Waals surface area contributed by atoms with E-state index in [0.717, 1.165) is 15.8 Å². The summed E-state index contributed by atoms with van der Waals surface area (Å²) in [5.41, 5.74) is 1.75. The van der Waals surface area contributed by atoms with Crippen LogP contribution in [0.25, 0.3) is 10.8 Å². The van der Waals surface area contributed by atoms with Crippen molar-refractivity contribution in [3.8, 4) is 5.75 Å². The summed E-state index contributed by atoms with van der Waals surface area (Å²) < 4.78 is 10.3. The standard InChI is InChI=1S/C26H24N2O6/c1-33-21-12-3-2-7-18(21)15-27-22(29)16-34-23(30)13-6-14-28-25(31)19-10-4-8-17-9-5-11-20(24(17)19)26(28)32/h2-5,7-12H,6,13-16H2,1H3,(H,27,29). The summed E-state index contributed by atoms with van der Waals surface area (Å²) in [6.45, 7) is -0.0871. The average molecular weight is 460 g/mol. The van der Waals surface area contributed by atoms with E-state index in [0.29, 0.717) is 22.3 Å². The summed E-state index contributed by atoms with van der Waals surface area (Å²) in [5.74, 6) is -1.12. The van der Waals surface area contributed by atoms with Gasteiger partial charge in [0.05, 0.1) is 7.11 Å². The molecule has 0 fully saturated rings. The lowest BCUT2D eigenvalue weighted by Crippen LogP contribution is -2.41. The van der Waals surface area contributed by atoms with Crippen LogP contribution in [0, 0.1) is 0 Å². The van der Waals surface area contributed by atoms with Gasteiger partial charge in [0, 0.05) is 41.6 Å². The first-order valence-electron chi connectivity index (χ1n) is 10.9. The number of amides is 3. The maximum absolute atomic E-state index is 12.9. The molecule has 0 unspecified atom stereocenters. The Bertz CT molecular complexity index is 1220. The van der Waals surface area contributed by atoms with Crippen molar-refractivity contribution in [3.05, 3.63) is 77.4 Å². The van der Waals surface area contributed by atoms with Gasteiger partial charge < -0.3 is 14.8 Å². The molecule has 0 saturated heterocycles. The molecule has 3 aromatic carbocycles. The predicted octanol–water partition coefficient (Wildman–Crippen LogP) is 3.08. The zero-order valence-corrected chi connectivity index (χ0v) is 18.7. The summed E-state index contributed by atoms with van der Waals surface area (Å²) >= 11 is 0. The van der Waals surface area contributed by atoms with Crippen LogP contribution in [-0.2, 0) is 20.9 Å². The fraction of sp³-hybridized carbons (Fsp3) is 0.231. The van der Waals surface area contributed by atoms with Crippen LogP contribution >= 0.6 is 0 Å². The Morgan fingerprint density at radius 1 is 0.912 bits per heavy atom. The molecule has 1 heterocycles. The monoisotopic (exact) mass is 460 g/mol. The third kappa shape index (κ3) is 4.76. The summed E-state index contributed by atoms with van der Waals surface area (Å²) in [6, 6.07) is 18.0. The smallest absolute Gasteiger partial charge is 0.306 e. The van der Waals surface area contributed by atoms with Crippen molar-refractivity contribution < 1.29 is 28.7 Å². The lowest BCUT2D eigenvalue weighted by molar-refractivity contribution is -0.148. The molecule has 8 heteroatoms. The first kappa shape index (κ1) is 23.0. The minimum Gasteiger partial charge on any atom is -0.496 e. The summed E-state index contributed by atoms with van der Waals surface area (Å²) in [4.78, 5) is 51.0. The Kier molecular flexibility index (Phi) is 6.87. The minimum absolute atomic E-state index is 0.0251. The van der Waals surface area contributed by atoms with Crippen LogP contribution in [0.1, 0.15) is 39.1 Å². The molecule has 4 rings (SSSR count). The fourth-order valence-corrected chi connectivity index (χ4v) is 3.98. The van der Waals surface area contributed by atoms with Crippen molar-refractivity contribution in [2.45, 2.75) is 19.4 Å². The number of benzene rings is 3. The number of rotatable bonds is 9. The summed E-state index contributed by atoms with van der Waals surface area (Å²) in [6.07, 6.45) is 0.208. The fourth-order valence-electron chi connectivity index (χ4n) is 3.98. The second-order valence-electron chi connectivity index (χ2n) is 7.82. The van der Waals surface area contributed by atoms with Gasteiger partial charge in [0.25, 0.3) is 17.7 Å². The third-order valence-electron chi connectivity index (χ3n) is 5.65. The van der Waals surface area contributed by atoms with Crippen molar-refractivity contribution in [1.29, 1.82) is 0 Å². The largest absolute Gasteiger partial charge is 0.496 e. The molecule has 1 N–H and O–H groups in total. The number of hydrogen-bond donors (Lipinski definition) is 1. The van der Waals surface area contributed by atoms with E-state index in [2.05, 4.69) is 5.32 Å². The van der Waals surface area contributed by atoms with Gasteiger partial charge in [-0.1, -0.05) is 42.5 Å². The van der Waals surface area contributed by atoms with E-state index in [1.54, 1.807) is 37.4 Å². The van der Waals surface area contributed by atoms with Crippen molar-refractivity contribution in [1.82, 2.24) is 10.2 Å². The van der Waals surface area contributed by atoms with Gasteiger partial charge in [0.15, 0.2) is 6.61 Å². The first-order valence-corrected chi connectivity index (χ1v) is 10.9. The van der Waals surface area contributed by atoms with Crippen molar-refractivity contribution in [2.75, 3.05) is 20.3 Å². The molecule has 0 radical (unpaired) electrons. The number of carbonyl (C=O) groups excluding carboxylic acids is 4. The highest BCUT2D eigenvalue weighted by atomic mass is 16.5. The Hall–Kier alpha value is -4.20. The van der Waals surface area contributed by atoms with Gasteiger partial charge in [0.1, 0.15) is 5.75 Å². The van der Waals surface area contributed by atoms with Gasteiger partial charge in [-0.05, 0) is 30.0 Å². The zero-order chi connectivity index (χ0) is 24.1. The van der Waals surface area contributed by atoms with Gasteiger partial charge in [-0.2, -0.15) is 0 Å². The lowest BCUT2D eigenvalue weighted by atomic mass is 9.94. The normalized spacial score (nSPS) is 12.6. The number of para-hydroxylation sites is 1. The van der Waals surface area contributed by atoms with E-state index >= 15 is 0 Å². The minimum atomic E-state index is -0.577. The highest BCUT2D eigenvalue weighted by molar-refractivity contribution is 6.25. The Balaban J connectivity index is 1.24. The molecule has 0 saturated carbocycles. The number of esters is 1. The van der Waals surface area contributed by atoms with Gasteiger partial charge in [-0.3, -0.25) is 24.1 Å². The van der Waals surface area contributed by atoms with Crippen LogP contribution in [0.3, 0.4) is 0 Å². The Morgan fingerprint density at radius 3 is 2.26 bits per heavy atom. The Morgan fingerprint density at radius 2 is 1.59 bits per heavy atom. The van der Waals surface area contributed by atoms with E-state index < -0.39 is 18.5 Å². The molecule has 3 amide bonds. The maximum atomic E-state index is 12.9. The molecule has 0 atom stereocenters. The van der Waals surface area contributed by atoms with Crippen LogP contribution in [-0.4, -0.2) is 48.9 Å². The molecule has 1 aliphatic heterocycles. The van der Waals surface area contributed by atoms with Crippen molar-refractivity contribution in [3.63, 3.8) is 0 Å². The number of hydrogen-bond acceptors (Lipinski definition) is 6. The van der Waals surface area contributed by atoms with E-state index in [1.165, 1.54) is 0 Å². The molecular formula is C26H24N2O6. The van der Waals surface area contributed by atoms with Crippen LogP contribution in [0.15, 0.2) is 60.7 Å². The summed E-state index contributed by atoms with van der Waals surface area (Å²) in [5, 5.41) is 4.17. The second kappa shape index (κ2) is 10.2. The average Bonchev–Trinajstić information content (AvgIpc) is 2.86. The van der Waals surface area contributed by atoms with Gasteiger partial charge in [-0.25, -0.2) is 0 Å². The number of nitrogens with one attached hydrogen (secondary N) is 1. The topological polar surface area (TPSA) is 102 Å². The number of carbonyl (C=O) groups is 4. The van der Waals surface area contributed by atoms with Crippen LogP contribution in [0.2, 0.25) is 0 Å². The number of ether oxygens (including phenoxy) is 2. The molecule has 3 aromatic rings. The second-order valence-corrected chi connectivity index (χ2v) is 7.82. The summed E-state index contributed by atoms with van der Waals surface area (Å²) in [7, 11) is 1.55.